The minimum atomic E-state index is 0.718. The van der Waals surface area contributed by atoms with Crippen LogP contribution in [0.25, 0.3) is 4.85 Å². The van der Waals surface area contributed by atoms with E-state index in [2.05, 4.69) is 15.9 Å². The van der Waals surface area contributed by atoms with Gasteiger partial charge in [0.1, 0.15) is 0 Å². The van der Waals surface area contributed by atoms with E-state index in [0.29, 0.717) is 0 Å². The minimum absolute atomic E-state index is 0.718. The van der Waals surface area contributed by atoms with E-state index < -0.39 is 0 Å². The largest absolute Gasteiger partial charge is 0.341 e. The second kappa shape index (κ2) is 7.01. The van der Waals surface area contributed by atoms with Gasteiger partial charge in [0, 0.05) is 17.7 Å². The highest BCUT2D eigenvalue weighted by molar-refractivity contribution is 6.13. The second-order valence-electron chi connectivity index (χ2n) is 4.72. The fourth-order valence-corrected chi connectivity index (χ4v) is 2.00. The molecule has 0 heterocycles. The van der Waals surface area contributed by atoms with Gasteiger partial charge in [-0.05, 0) is 17.0 Å². The molecule has 3 aromatic carbocycles. The van der Waals surface area contributed by atoms with Gasteiger partial charge < -0.3 is 0 Å². The van der Waals surface area contributed by atoms with Crippen LogP contribution >= 0.6 is 0 Å². The van der Waals surface area contributed by atoms with Crippen molar-refractivity contribution in [2.75, 3.05) is 0 Å². The SMILES string of the molecule is C(#[N+]c1ccccc1)C(=Nc1ccccc1)c1ccccc1. The molecule has 2 heteroatoms. The summed E-state index contributed by atoms with van der Waals surface area (Å²) in [6, 6.07) is 32.7. The Morgan fingerprint density at radius 1 is 0.682 bits per heavy atom. The summed E-state index contributed by atoms with van der Waals surface area (Å²) in [4.78, 5) is 9.05. The van der Waals surface area contributed by atoms with Crippen LogP contribution in [-0.4, -0.2) is 5.71 Å². The van der Waals surface area contributed by atoms with Gasteiger partial charge in [0.2, 0.25) is 0 Å². The first-order valence-corrected chi connectivity index (χ1v) is 7.13. The van der Waals surface area contributed by atoms with Crippen LogP contribution in [0.15, 0.2) is 96.0 Å². The summed E-state index contributed by atoms with van der Waals surface area (Å²) in [7, 11) is 0. The van der Waals surface area contributed by atoms with Crippen LogP contribution in [-0.2, 0) is 0 Å². The normalized spacial score (nSPS) is 10.6. The van der Waals surface area contributed by atoms with Crippen molar-refractivity contribution in [1.29, 1.82) is 0 Å². The molecule has 0 aliphatic rings. The molecule has 0 saturated heterocycles. The first kappa shape index (κ1) is 13.8. The molecule has 0 unspecified atom stereocenters. The number of para-hydroxylation sites is 2. The predicted octanol–water partition coefficient (Wildman–Crippen LogP) is 5.47. The fraction of sp³-hybridized carbons (Fsp3) is 0. The van der Waals surface area contributed by atoms with Crippen molar-refractivity contribution < 1.29 is 0 Å². The first-order valence-electron chi connectivity index (χ1n) is 7.13. The Kier molecular flexibility index (Phi) is 4.39. The molecule has 0 aliphatic carbocycles. The maximum absolute atomic E-state index is 4.66. The summed E-state index contributed by atoms with van der Waals surface area (Å²) in [5.74, 6) is 0. The molecular formula is C20H15N2+. The average molecular weight is 283 g/mol. The molecule has 3 rings (SSSR count). The highest BCUT2D eigenvalue weighted by Crippen LogP contribution is 2.14. The van der Waals surface area contributed by atoms with Crippen molar-refractivity contribution in [2.24, 2.45) is 4.99 Å². The zero-order valence-electron chi connectivity index (χ0n) is 12.1. The summed E-state index contributed by atoms with van der Waals surface area (Å²) in [5.41, 5.74) is 3.46. The second-order valence-corrected chi connectivity index (χ2v) is 4.72. The van der Waals surface area contributed by atoms with Gasteiger partial charge in [-0.15, -0.1) is 0 Å². The van der Waals surface area contributed by atoms with Crippen LogP contribution in [0.2, 0.25) is 0 Å². The third kappa shape index (κ3) is 3.68. The Balaban J connectivity index is 2.01. The third-order valence-electron chi connectivity index (χ3n) is 3.09. The molecule has 0 spiro atoms. The van der Waals surface area contributed by atoms with Crippen LogP contribution in [0.3, 0.4) is 0 Å². The average Bonchev–Trinajstić information content (AvgIpc) is 2.61. The topological polar surface area (TPSA) is 16.7 Å². The van der Waals surface area contributed by atoms with Crippen molar-refractivity contribution in [2.45, 2.75) is 0 Å². The molecular weight excluding hydrogens is 268 g/mol. The molecule has 0 radical (unpaired) electrons. The van der Waals surface area contributed by atoms with Crippen LogP contribution < -0.4 is 0 Å². The Morgan fingerprint density at radius 2 is 1.23 bits per heavy atom. The van der Waals surface area contributed by atoms with E-state index in [0.717, 1.165) is 22.6 Å². The van der Waals surface area contributed by atoms with E-state index in [1.54, 1.807) is 0 Å². The number of hydrogen-bond acceptors (Lipinski definition) is 1. The lowest BCUT2D eigenvalue weighted by molar-refractivity contribution is 1.51. The minimum Gasteiger partial charge on any atom is -0.233 e. The van der Waals surface area contributed by atoms with Crippen LogP contribution in [0.4, 0.5) is 11.4 Å². The van der Waals surface area contributed by atoms with Crippen molar-refractivity contribution in [1.82, 2.24) is 0 Å². The predicted molar refractivity (Wildman–Crippen MR) is 92.4 cm³/mol. The number of hydrogen-bond donors (Lipinski definition) is 0. The molecule has 3 aromatic rings. The summed E-state index contributed by atoms with van der Waals surface area (Å²) in [5, 5.41) is 0. The molecule has 0 saturated carbocycles. The summed E-state index contributed by atoms with van der Waals surface area (Å²) >= 11 is 0. The zero-order valence-corrected chi connectivity index (χ0v) is 12.1. The van der Waals surface area contributed by atoms with Gasteiger partial charge in [-0.2, -0.15) is 0 Å². The monoisotopic (exact) mass is 283 g/mol. The van der Waals surface area contributed by atoms with Gasteiger partial charge in [-0.1, -0.05) is 66.7 Å². The summed E-state index contributed by atoms with van der Waals surface area (Å²) < 4.78 is 0. The molecule has 104 valence electrons. The fourth-order valence-electron chi connectivity index (χ4n) is 2.00. The van der Waals surface area contributed by atoms with Crippen molar-refractivity contribution in [3.63, 3.8) is 0 Å². The van der Waals surface area contributed by atoms with Crippen LogP contribution in [0.5, 0.6) is 0 Å². The van der Waals surface area contributed by atoms with E-state index in [1.165, 1.54) is 0 Å². The van der Waals surface area contributed by atoms with Crippen LogP contribution in [0.1, 0.15) is 5.56 Å². The lowest BCUT2D eigenvalue weighted by atomic mass is 10.1. The molecule has 0 bridgehead atoms. The summed E-state index contributed by atoms with van der Waals surface area (Å²) in [6.45, 7) is 0. The van der Waals surface area contributed by atoms with Gasteiger partial charge in [-0.25, -0.2) is 4.99 Å². The molecule has 0 N–H and O–H groups in total. The Bertz CT molecular complexity index is 811. The number of rotatable bonds is 2. The van der Waals surface area contributed by atoms with Crippen molar-refractivity contribution >= 4 is 17.1 Å². The van der Waals surface area contributed by atoms with Crippen LogP contribution in [0, 0.1) is 6.07 Å². The van der Waals surface area contributed by atoms with Gasteiger partial charge in [0.05, 0.1) is 5.69 Å². The lowest BCUT2D eigenvalue weighted by Gasteiger charge is -1.96. The molecule has 0 aliphatic heterocycles. The third-order valence-corrected chi connectivity index (χ3v) is 3.09. The van der Waals surface area contributed by atoms with E-state index in [1.807, 2.05) is 91.0 Å². The van der Waals surface area contributed by atoms with E-state index in [4.69, 9.17) is 0 Å². The summed E-state index contributed by atoms with van der Waals surface area (Å²) in [6.07, 6.45) is 0. The maximum Gasteiger partial charge on any atom is 0.341 e. The molecule has 0 fully saturated rings. The molecule has 22 heavy (non-hydrogen) atoms. The van der Waals surface area contributed by atoms with Crippen molar-refractivity contribution in [3.8, 4) is 6.07 Å². The standard InChI is InChI=1S/C20H15N2/c1-4-10-17(11-5-1)20(22-19-14-8-3-9-15-19)16-21-18-12-6-2-7-13-18/h1-15H/q+1. The van der Waals surface area contributed by atoms with Crippen molar-refractivity contribution in [3.05, 3.63) is 101 Å². The highest BCUT2D eigenvalue weighted by atomic mass is 14.8. The maximum atomic E-state index is 4.66. The number of nitrogens with zero attached hydrogens (tertiary/aromatic N) is 2. The van der Waals surface area contributed by atoms with Gasteiger partial charge in [-0.3, -0.25) is 0 Å². The van der Waals surface area contributed by atoms with E-state index in [9.17, 15) is 0 Å². The van der Waals surface area contributed by atoms with Gasteiger partial charge in [0.25, 0.3) is 0 Å². The van der Waals surface area contributed by atoms with Gasteiger partial charge in [0.15, 0.2) is 5.71 Å². The number of benzene rings is 3. The van der Waals surface area contributed by atoms with E-state index >= 15 is 0 Å². The molecule has 0 atom stereocenters. The first-order chi connectivity index (χ1) is 10.9. The van der Waals surface area contributed by atoms with E-state index in [-0.39, 0.29) is 0 Å². The Morgan fingerprint density at radius 3 is 1.86 bits per heavy atom. The highest BCUT2D eigenvalue weighted by Gasteiger charge is 2.08. The number of aliphatic imine (C=N–C) groups is 1. The quantitative estimate of drug-likeness (QED) is 0.554. The Hall–Kier alpha value is -3.18. The smallest absolute Gasteiger partial charge is 0.233 e. The lowest BCUT2D eigenvalue weighted by Crippen LogP contribution is -1.95. The zero-order chi connectivity index (χ0) is 15.0. The molecule has 2 nitrogen and oxygen atoms in total. The molecule has 0 aromatic heterocycles. The molecule has 0 amide bonds. The Labute approximate surface area is 130 Å². The van der Waals surface area contributed by atoms with Gasteiger partial charge >= 0.3 is 11.8 Å².